The molecule has 46 heavy (non-hydrogen) atoms. The average Bonchev–Trinajstić information content (AvgIpc) is 2.99. The van der Waals surface area contributed by atoms with Crippen molar-refractivity contribution >= 4 is 17.8 Å². The number of carbonyl (C=O) groups is 3. The van der Waals surface area contributed by atoms with Crippen LogP contribution in [0.4, 0.5) is 0 Å². The second-order valence-corrected chi connectivity index (χ2v) is 14.0. The van der Waals surface area contributed by atoms with E-state index in [0.717, 1.165) is 18.4 Å². The first-order valence-corrected chi connectivity index (χ1v) is 16.5. The molecule has 11 nitrogen and oxygen atoms in total. The van der Waals surface area contributed by atoms with Crippen LogP contribution in [0.2, 0.25) is 0 Å². The Morgan fingerprint density at radius 3 is 2.13 bits per heavy atom. The van der Waals surface area contributed by atoms with Crippen LogP contribution < -0.4 is 32.0 Å². The van der Waals surface area contributed by atoms with Crippen LogP contribution in [0.15, 0.2) is 18.2 Å². The fourth-order valence-electron chi connectivity index (χ4n) is 5.12. The smallest absolute Gasteiger partial charge is 0.323 e. The molecule has 0 unspecified atom stereocenters. The highest BCUT2D eigenvalue weighted by Crippen LogP contribution is 2.35. The maximum absolute atomic E-state index is 13.5. The first-order valence-electron chi connectivity index (χ1n) is 16.5. The number of hydrogen-bond donors (Lipinski definition) is 4. The quantitative estimate of drug-likeness (QED) is 0.107. The molecule has 0 fully saturated rings. The normalized spacial score (nSPS) is 15.9. The molecule has 0 bridgehead atoms. The summed E-state index contributed by atoms with van der Waals surface area (Å²) in [5.74, 6) is -0.650. The number of methoxy groups -OCH3 is 2. The van der Waals surface area contributed by atoms with E-state index in [1.807, 2.05) is 45.9 Å². The van der Waals surface area contributed by atoms with E-state index in [9.17, 15) is 14.4 Å². The topological polar surface area (TPSA) is 178 Å². The highest BCUT2D eigenvalue weighted by atomic mass is 16.6. The zero-order valence-electron chi connectivity index (χ0n) is 29.9. The molecule has 0 radical (unpaired) electrons. The largest absolute Gasteiger partial charge is 0.493 e. The summed E-state index contributed by atoms with van der Waals surface area (Å²) in [7, 11) is 3.27. The second-order valence-electron chi connectivity index (χ2n) is 14.0. The zero-order chi connectivity index (χ0) is 35.2. The Hall–Kier alpha value is -2.89. The third-order valence-electron chi connectivity index (χ3n) is 8.91. The van der Waals surface area contributed by atoms with E-state index in [4.69, 9.17) is 36.1 Å². The van der Waals surface area contributed by atoms with Gasteiger partial charge in [0.05, 0.1) is 19.1 Å². The van der Waals surface area contributed by atoms with Gasteiger partial charge in [-0.2, -0.15) is 0 Å². The number of hydrogen-bond acceptors (Lipinski definition) is 9. The summed E-state index contributed by atoms with van der Waals surface area (Å²) in [6, 6.07) is 4.48. The summed E-state index contributed by atoms with van der Waals surface area (Å²) in [4.78, 5) is 38.6. The van der Waals surface area contributed by atoms with E-state index >= 15 is 0 Å². The number of esters is 1. The van der Waals surface area contributed by atoms with Gasteiger partial charge in [-0.05, 0) is 69.1 Å². The third-order valence-corrected chi connectivity index (χ3v) is 8.91. The molecule has 11 heteroatoms. The Bertz CT molecular complexity index is 1110. The first-order chi connectivity index (χ1) is 21.4. The molecule has 1 aromatic carbocycles. The van der Waals surface area contributed by atoms with Gasteiger partial charge in [-0.15, -0.1) is 0 Å². The van der Waals surface area contributed by atoms with Crippen LogP contribution in [0.3, 0.4) is 0 Å². The molecule has 2 amide bonds. The maximum atomic E-state index is 13.5. The predicted octanol–water partition coefficient (Wildman–Crippen LogP) is 3.97. The van der Waals surface area contributed by atoms with E-state index in [2.05, 4.69) is 12.2 Å². The lowest BCUT2D eigenvalue weighted by Crippen LogP contribution is -2.55. The molecule has 0 saturated carbocycles. The van der Waals surface area contributed by atoms with Crippen LogP contribution in [0.1, 0.15) is 86.6 Å². The summed E-state index contributed by atoms with van der Waals surface area (Å²) in [5.41, 5.74) is 17.6. The van der Waals surface area contributed by atoms with Crippen molar-refractivity contribution in [1.82, 2.24) is 5.32 Å². The number of benzene rings is 1. The zero-order valence-corrected chi connectivity index (χ0v) is 29.9. The second kappa shape index (κ2) is 19.1. The van der Waals surface area contributed by atoms with Crippen LogP contribution in [-0.4, -0.2) is 69.4 Å². The summed E-state index contributed by atoms with van der Waals surface area (Å²) < 4.78 is 22.8. The molecule has 0 aliphatic heterocycles. The number of rotatable bonds is 22. The SMILES string of the molecule is CC[C@@H](Cc1ccc(OC)c(OCCCOC)c1)C[C@H](N)[C@](C)(C[C@H](C(=O)NCC(C)(C)C(N)=O)C(C)C)OC(=O)[C@@H](N)C(C)C. The van der Waals surface area contributed by atoms with Crippen LogP contribution in [0, 0.1) is 29.1 Å². The Balaban J connectivity index is 3.29. The summed E-state index contributed by atoms with van der Waals surface area (Å²) in [6.07, 6.45) is 3.02. The molecule has 5 atom stereocenters. The lowest BCUT2D eigenvalue weighted by molar-refractivity contribution is -0.167. The Kier molecular flexibility index (Phi) is 17.0. The highest BCUT2D eigenvalue weighted by Gasteiger charge is 2.43. The van der Waals surface area contributed by atoms with Crippen LogP contribution in [-0.2, 0) is 30.3 Å². The minimum atomic E-state index is -1.20. The van der Waals surface area contributed by atoms with E-state index in [-0.39, 0.29) is 36.6 Å². The van der Waals surface area contributed by atoms with Crippen molar-refractivity contribution in [2.24, 2.45) is 46.3 Å². The van der Waals surface area contributed by atoms with Gasteiger partial charge in [-0.1, -0.05) is 47.1 Å². The van der Waals surface area contributed by atoms with Crippen molar-refractivity contribution in [3.8, 4) is 11.5 Å². The Labute approximate surface area is 277 Å². The number of carbonyl (C=O) groups excluding carboxylic acids is 3. The molecule has 7 N–H and O–H groups in total. The predicted molar refractivity (Wildman–Crippen MR) is 181 cm³/mol. The molecule has 0 spiro atoms. The molecule has 0 heterocycles. The molecule has 1 aromatic rings. The van der Waals surface area contributed by atoms with Crippen LogP contribution >= 0.6 is 0 Å². The van der Waals surface area contributed by atoms with Crippen molar-refractivity contribution in [3.63, 3.8) is 0 Å². The van der Waals surface area contributed by atoms with Crippen molar-refractivity contribution < 1.29 is 33.3 Å². The van der Waals surface area contributed by atoms with Crippen molar-refractivity contribution in [1.29, 1.82) is 0 Å². The summed E-state index contributed by atoms with van der Waals surface area (Å²) >= 11 is 0. The van der Waals surface area contributed by atoms with Gasteiger partial charge in [-0.25, -0.2) is 0 Å². The maximum Gasteiger partial charge on any atom is 0.323 e. The lowest BCUT2D eigenvalue weighted by Gasteiger charge is -2.40. The minimum Gasteiger partial charge on any atom is -0.493 e. The van der Waals surface area contributed by atoms with E-state index in [0.29, 0.717) is 37.6 Å². The van der Waals surface area contributed by atoms with Gasteiger partial charge in [0, 0.05) is 45.1 Å². The van der Waals surface area contributed by atoms with Gasteiger partial charge in [-0.3, -0.25) is 14.4 Å². The van der Waals surface area contributed by atoms with Gasteiger partial charge < -0.3 is 41.5 Å². The van der Waals surface area contributed by atoms with E-state index in [1.54, 1.807) is 35.0 Å². The first kappa shape index (κ1) is 41.1. The van der Waals surface area contributed by atoms with Gasteiger partial charge >= 0.3 is 5.97 Å². The molecule has 264 valence electrons. The van der Waals surface area contributed by atoms with Gasteiger partial charge in [0.2, 0.25) is 11.8 Å². The van der Waals surface area contributed by atoms with Gasteiger partial charge in [0.1, 0.15) is 11.6 Å². The number of primary amides is 1. The monoisotopic (exact) mass is 650 g/mol. The van der Waals surface area contributed by atoms with Crippen molar-refractivity contribution in [2.45, 2.75) is 105 Å². The van der Waals surface area contributed by atoms with E-state index in [1.165, 1.54) is 0 Å². The van der Waals surface area contributed by atoms with Gasteiger partial charge in [0.25, 0.3) is 0 Å². The molecule has 0 saturated heterocycles. The van der Waals surface area contributed by atoms with E-state index < -0.39 is 40.9 Å². The molecule has 0 aromatic heterocycles. The number of nitrogens with two attached hydrogens (primary N) is 3. The van der Waals surface area contributed by atoms with Crippen LogP contribution in [0.25, 0.3) is 0 Å². The minimum absolute atomic E-state index is 0.0863. The average molecular weight is 651 g/mol. The number of amides is 2. The molecular weight excluding hydrogens is 588 g/mol. The standard InChI is InChI=1S/C35H62N4O7/c1-11-24(17-25-13-14-27(44-10)28(18-25)45-16-12-15-43-9)19-29(36)35(8,46-32(41)30(37)23(4)5)20-26(22(2)3)31(40)39-21-34(6,7)33(38)42/h13-14,18,22-24,26,29-30H,11-12,15-17,19-21,36-37H2,1-10H3,(H2,38,42)(H,39,40)/t24-,26-,29-,30-,35-/m0/s1. The molecule has 0 aliphatic carbocycles. The Morgan fingerprint density at radius 2 is 1.61 bits per heavy atom. The van der Waals surface area contributed by atoms with Crippen LogP contribution in [0.5, 0.6) is 11.5 Å². The summed E-state index contributed by atoms with van der Waals surface area (Å²) in [5, 5.41) is 2.89. The number of ether oxygens (including phenoxy) is 4. The van der Waals surface area contributed by atoms with Crippen molar-refractivity contribution in [2.75, 3.05) is 34.0 Å². The third kappa shape index (κ3) is 12.7. The number of nitrogens with one attached hydrogen (secondary N) is 1. The fraction of sp³-hybridized carbons (Fsp3) is 0.743. The Morgan fingerprint density at radius 1 is 0.957 bits per heavy atom. The van der Waals surface area contributed by atoms with Crippen molar-refractivity contribution in [3.05, 3.63) is 23.8 Å². The van der Waals surface area contributed by atoms with Gasteiger partial charge in [0.15, 0.2) is 11.5 Å². The lowest BCUT2D eigenvalue weighted by atomic mass is 9.76. The molecule has 1 rings (SSSR count). The summed E-state index contributed by atoms with van der Waals surface area (Å²) in [6.45, 7) is 16.0. The molecular formula is C35H62N4O7. The highest BCUT2D eigenvalue weighted by molar-refractivity contribution is 5.83. The fourth-order valence-corrected chi connectivity index (χ4v) is 5.12. The molecule has 0 aliphatic rings.